The van der Waals surface area contributed by atoms with Crippen molar-refractivity contribution in [2.24, 2.45) is 4.99 Å². The van der Waals surface area contributed by atoms with Crippen molar-refractivity contribution in [3.05, 3.63) is 29.8 Å². The zero-order valence-electron chi connectivity index (χ0n) is 14.4. The van der Waals surface area contributed by atoms with Gasteiger partial charge in [-0.25, -0.2) is 0 Å². The van der Waals surface area contributed by atoms with E-state index in [2.05, 4.69) is 20.9 Å². The molecule has 0 unspecified atom stereocenters. The van der Waals surface area contributed by atoms with Gasteiger partial charge < -0.3 is 25.4 Å². The van der Waals surface area contributed by atoms with Crippen LogP contribution in [-0.2, 0) is 9.53 Å². The van der Waals surface area contributed by atoms with Crippen molar-refractivity contribution < 1.29 is 14.3 Å². The number of amides is 1. The Morgan fingerprint density at radius 2 is 1.75 bits per heavy atom. The second kappa shape index (κ2) is 13.8. The van der Waals surface area contributed by atoms with E-state index >= 15 is 0 Å². The first-order valence-corrected chi connectivity index (χ1v) is 7.55. The van der Waals surface area contributed by atoms with E-state index in [9.17, 15) is 4.79 Å². The molecule has 0 heterocycles. The van der Waals surface area contributed by atoms with Crippen LogP contribution in [0.4, 0.5) is 0 Å². The van der Waals surface area contributed by atoms with Gasteiger partial charge in [0.15, 0.2) is 5.96 Å². The first kappa shape index (κ1) is 22.4. The van der Waals surface area contributed by atoms with Crippen molar-refractivity contribution in [3.8, 4) is 5.75 Å². The molecule has 1 aromatic carbocycles. The normalized spacial score (nSPS) is 10.5. The number of aryl methyl sites for hydroxylation is 1. The Morgan fingerprint density at radius 1 is 1.08 bits per heavy atom. The summed E-state index contributed by atoms with van der Waals surface area (Å²) in [4.78, 5) is 15.6. The molecule has 136 valence electrons. The standard InChI is InChI=1S/C16H26N4O3.HI/c1-13-4-6-14(7-5-13)23-11-9-19-16(17-2)20-12-15(21)18-8-10-22-3;/h4-7H,8-12H2,1-3H3,(H,18,21)(H2,17,19,20);1H. The summed E-state index contributed by atoms with van der Waals surface area (Å²) in [6.45, 7) is 4.26. The molecular weight excluding hydrogens is 423 g/mol. The van der Waals surface area contributed by atoms with E-state index in [-0.39, 0.29) is 36.4 Å². The largest absolute Gasteiger partial charge is 0.492 e. The van der Waals surface area contributed by atoms with E-state index in [0.29, 0.717) is 32.3 Å². The summed E-state index contributed by atoms with van der Waals surface area (Å²) in [6, 6.07) is 7.89. The van der Waals surface area contributed by atoms with E-state index < -0.39 is 0 Å². The van der Waals surface area contributed by atoms with Gasteiger partial charge in [-0.1, -0.05) is 17.7 Å². The topological polar surface area (TPSA) is 84.0 Å². The summed E-state index contributed by atoms with van der Waals surface area (Å²) < 4.78 is 10.5. The molecule has 0 aliphatic rings. The van der Waals surface area contributed by atoms with E-state index in [0.717, 1.165) is 5.75 Å². The third-order valence-electron chi connectivity index (χ3n) is 2.95. The van der Waals surface area contributed by atoms with Crippen molar-refractivity contribution in [1.29, 1.82) is 0 Å². The highest BCUT2D eigenvalue weighted by molar-refractivity contribution is 14.0. The second-order valence-corrected chi connectivity index (χ2v) is 4.86. The van der Waals surface area contributed by atoms with Crippen molar-refractivity contribution >= 4 is 35.8 Å². The maximum absolute atomic E-state index is 11.5. The zero-order chi connectivity index (χ0) is 16.9. The minimum Gasteiger partial charge on any atom is -0.492 e. The third kappa shape index (κ3) is 10.3. The average Bonchev–Trinajstić information content (AvgIpc) is 2.56. The van der Waals surface area contributed by atoms with Crippen LogP contribution in [-0.4, -0.2) is 58.9 Å². The smallest absolute Gasteiger partial charge is 0.239 e. The molecule has 0 saturated heterocycles. The lowest BCUT2D eigenvalue weighted by atomic mass is 10.2. The molecule has 1 amide bonds. The number of hydrogen-bond donors (Lipinski definition) is 3. The Bertz CT molecular complexity index is 495. The molecule has 3 N–H and O–H groups in total. The van der Waals surface area contributed by atoms with Crippen LogP contribution in [0.2, 0.25) is 0 Å². The quantitative estimate of drug-likeness (QED) is 0.226. The van der Waals surface area contributed by atoms with Gasteiger partial charge >= 0.3 is 0 Å². The number of nitrogens with zero attached hydrogens (tertiary/aromatic N) is 1. The molecule has 0 fully saturated rings. The van der Waals surface area contributed by atoms with Gasteiger partial charge in [0, 0.05) is 20.7 Å². The molecule has 24 heavy (non-hydrogen) atoms. The van der Waals surface area contributed by atoms with Gasteiger partial charge in [0.1, 0.15) is 12.4 Å². The summed E-state index contributed by atoms with van der Waals surface area (Å²) in [5.74, 6) is 1.28. The summed E-state index contributed by atoms with van der Waals surface area (Å²) in [7, 11) is 3.24. The SMILES string of the molecule is CN=C(NCCOc1ccc(C)cc1)NCC(=O)NCCOC.I. The molecule has 8 heteroatoms. The molecule has 0 aliphatic heterocycles. The number of carbonyl (C=O) groups is 1. The number of ether oxygens (including phenoxy) is 2. The zero-order valence-corrected chi connectivity index (χ0v) is 16.8. The van der Waals surface area contributed by atoms with Gasteiger partial charge in [-0.05, 0) is 19.1 Å². The summed E-state index contributed by atoms with van der Waals surface area (Å²) in [5.41, 5.74) is 1.20. The van der Waals surface area contributed by atoms with Crippen LogP contribution in [0.3, 0.4) is 0 Å². The number of guanidine groups is 1. The van der Waals surface area contributed by atoms with Gasteiger partial charge in [-0.15, -0.1) is 24.0 Å². The predicted octanol–water partition coefficient (Wildman–Crippen LogP) is 0.919. The minimum atomic E-state index is -0.110. The van der Waals surface area contributed by atoms with Gasteiger partial charge in [-0.3, -0.25) is 9.79 Å². The first-order chi connectivity index (χ1) is 11.2. The number of rotatable bonds is 9. The lowest BCUT2D eigenvalue weighted by Crippen LogP contribution is -2.44. The van der Waals surface area contributed by atoms with E-state index in [1.54, 1.807) is 14.2 Å². The molecule has 0 saturated carbocycles. The number of halogens is 1. The lowest BCUT2D eigenvalue weighted by molar-refractivity contribution is -0.120. The third-order valence-corrected chi connectivity index (χ3v) is 2.95. The van der Waals surface area contributed by atoms with Crippen LogP contribution in [0.5, 0.6) is 5.75 Å². The average molecular weight is 450 g/mol. The molecule has 0 spiro atoms. The highest BCUT2D eigenvalue weighted by atomic mass is 127. The summed E-state index contributed by atoms with van der Waals surface area (Å²) in [5, 5.41) is 8.74. The summed E-state index contributed by atoms with van der Waals surface area (Å²) in [6.07, 6.45) is 0. The Hall–Kier alpha value is -1.55. The van der Waals surface area contributed by atoms with Crippen LogP contribution >= 0.6 is 24.0 Å². The molecule has 1 rings (SSSR count). The van der Waals surface area contributed by atoms with Gasteiger partial charge in [-0.2, -0.15) is 0 Å². The fourth-order valence-corrected chi connectivity index (χ4v) is 1.71. The maximum Gasteiger partial charge on any atom is 0.239 e. The van der Waals surface area contributed by atoms with Crippen LogP contribution in [0.1, 0.15) is 5.56 Å². The van der Waals surface area contributed by atoms with E-state index in [1.165, 1.54) is 5.56 Å². The van der Waals surface area contributed by atoms with E-state index in [1.807, 2.05) is 31.2 Å². The Labute approximate surface area is 160 Å². The first-order valence-electron chi connectivity index (χ1n) is 7.55. The van der Waals surface area contributed by atoms with Crippen molar-refractivity contribution in [2.75, 3.05) is 47.0 Å². The van der Waals surface area contributed by atoms with Crippen LogP contribution in [0.25, 0.3) is 0 Å². The van der Waals surface area contributed by atoms with Gasteiger partial charge in [0.25, 0.3) is 0 Å². The molecule has 0 aliphatic carbocycles. The predicted molar refractivity (Wildman–Crippen MR) is 106 cm³/mol. The number of benzene rings is 1. The monoisotopic (exact) mass is 450 g/mol. The number of nitrogens with one attached hydrogen (secondary N) is 3. The van der Waals surface area contributed by atoms with Crippen LogP contribution < -0.4 is 20.7 Å². The molecule has 7 nitrogen and oxygen atoms in total. The number of aliphatic imine (C=N–C) groups is 1. The fourth-order valence-electron chi connectivity index (χ4n) is 1.71. The Morgan fingerprint density at radius 3 is 2.38 bits per heavy atom. The number of carbonyl (C=O) groups excluding carboxylic acids is 1. The van der Waals surface area contributed by atoms with Crippen LogP contribution in [0, 0.1) is 6.92 Å². The van der Waals surface area contributed by atoms with Crippen LogP contribution in [0.15, 0.2) is 29.3 Å². The maximum atomic E-state index is 11.5. The van der Waals surface area contributed by atoms with Gasteiger partial charge in [0.05, 0.1) is 19.7 Å². The van der Waals surface area contributed by atoms with Crippen molar-refractivity contribution in [3.63, 3.8) is 0 Å². The molecule has 0 atom stereocenters. The van der Waals surface area contributed by atoms with E-state index in [4.69, 9.17) is 9.47 Å². The Balaban J connectivity index is 0.00000529. The minimum absolute atomic E-state index is 0. The fraction of sp³-hybridized carbons (Fsp3) is 0.500. The lowest BCUT2D eigenvalue weighted by Gasteiger charge is -2.12. The Kier molecular flexibility index (Phi) is 13.0. The van der Waals surface area contributed by atoms with Gasteiger partial charge in [0.2, 0.25) is 5.91 Å². The number of methoxy groups -OCH3 is 1. The molecule has 0 aromatic heterocycles. The second-order valence-electron chi connectivity index (χ2n) is 4.86. The highest BCUT2D eigenvalue weighted by Gasteiger charge is 2.02. The molecule has 0 bridgehead atoms. The van der Waals surface area contributed by atoms with Crippen molar-refractivity contribution in [1.82, 2.24) is 16.0 Å². The molecule has 0 radical (unpaired) electrons. The summed E-state index contributed by atoms with van der Waals surface area (Å²) >= 11 is 0. The molecule has 1 aromatic rings. The van der Waals surface area contributed by atoms with Crippen molar-refractivity contribution in [2.45, 2.75) is 6.92 Å². The molecular formula is C16H27IN4O3. The number of hydrogen-bond acceptors (Lipinski definition) is 4. The highest BCUT2D eigenvalue weighted by Crippen LogP contribution is 2.10.